The third kappa shape index (κ3) is 4.48. The number of hydrogen-bond donors (Lipinski definition) is 0. The first-order valence-corrected chi connectivity index (χ1v) is 10.7. The SMILES string of the molecule is CCN(CCc1ccccn1)C(=O)c1ccc(Cc2c(C)c(C)c(C)c(C)c2C)o1. The fraction of sp³-hybridized carbons (Fsp3) is 0.385. The lowest BCUT2D eigenvalue weighted by atomic mass is 9.88. The number of hydrogen-bond acceptors (Lipinski definition) is 3. The van der Waals surface area contributed by atoms with Gasteiger partial charge in [-0.2, -0.15) is 0 Å². The molecule has 0 radical (unpaired) electrons. The summed E-state index contributed by atoms with van der Waals surface area (Å²) < 4.78 is 6.00. The summed E-state index contributed by atoms with van der Waals surface area (Å²) in [6.45, 7) is 14.1. The monoisotopic (exact) mass is 404 g/mol. The van der Waals surface area contributed by atoms with Crippen molar-refractivity contribution in [1.29, 1.82) is 0 Å². The molecular formula is C26H32N2O2. The molecule has 158 valence electrons. The molecule has 3 rings (SSSR count). The van der Waals surface area contributed by atoms with Crippen molar-refractivity contribution < 1.29 is 9.21 Å². The molecule has 4 nitrogen and oxygen atoms in total. The van der Waals surface area contributed by atoms with Gasteiger partial charge in [-0.15, -0.1) is 0 Å². The van der Waals surface area contributed by atoms with Crippen LogP contribution in [-0.2, 0) is 12.8 Å². The van der Waals surface area contributed by atoms with Crippen LogP contribution in [0.25, 0.3) is 0 Å². The zero-order chi connectivity index (χ0) is 21.8. The Bertz CT molecular complexity index is 1010. The van der Waals surface area contributed by atoms with E-state index in [0.29, 0.717) is 25.3 Å². The van der Waals surface area contributed by atoms with E-state index < -0.39 is 0 Å². The molecule has 0 aliphatic heterocycles. The van der Waals surface area contributed by atoms with Gasteiger partial charge in [0.05, 0.1) is 0 Å². The van der Waals surface area contributed by atoms with Gasteiger partial charge in [-0.05, 0) is 99.2 Å². The zero-order valence-corrected chi connectivity index (χ0v) is 19.0. The maximum Gasteiger partial charge on any atom is 0.289 e. The van der Waals surface area contributed by atoms with Gasteiger partial charge >= 0.3 is 0 Å². The number of furan rings is 1. The van der Waals surface area contributed by atoms with Gasteiger partial charge in [-0.3, -0.25) is 9.78 Å². The number of benzene rings is 1. The molecule has 4 heteroatoms. The third-order valence-electron chi connectivity index (χ3n) is 6.41. The molecule has 0 atom stereocenters. The van der Waals surface area contributed by atoms with Crippen LogP contribution in [0, 0.1) is 34.6 Å². The van der Waals surface area contributed by atoms with Gasteiger partial charge in [0.2, 0.25) is 0 Å². The number of rotatable bonds is 7. The Labute approximate surface area is 179 Å². The quantitative estimate of drug-likeness (QED) is 0.521. The molecule has 1 aromatic carbocycles. The highest BCUT2D eigenvalue weighted by molar-refractivity contribution is 5.91. The topological polar surface area (TPSA) is 46.3 Å². The summed E-state index contributed by atoms with van der Waals surface area (Å²) in [5, 5.41) is 0. The second-order valence-corrected chi connectivity index (χ2v) is 8.00. The molecule has 0 unspecified atom stereocenters. The first-order valence-electron chi connectivity index (χ1n) is 10.7. The van der Waals surface area contributed by atoms with Gasteiger partial charge in [-0.1, -0.05) is 6.07 Å². The van der Waals surface area contributed by atoms with Crippen molar-refractivity contribution in [2.75, 3.05) is 13.1 Å². The summed E-state index contributed by atoms with van der Waals surface area (Å²) in [6.07, 6.45) is 3.21. The van der Waals surface area contributed by atoms with Crippen LogP contribution in [0.5, 0.6) is 0 Å². The van der Waals surface area contributed by atoms with Crippen molar-refractivity contribution in [1.82, 2.24) is 9.88 Å². The predicted octanol–water partition coefficient (Wildman–Crippen LogP) is 5.51. The predicted molar refractivity (Wildman–Crippen MR) is 121 cm³/mol. The van der Waals surface area contributed by atoms with E-state index in [1.807, 2.05) is 36.1 Å². The highest BCUT2D eigenvalue weighted by atomic mass is 16.4. The highest BCUT2D eigenvalue weighted by Gasteiger charge is 2.19. The highest BCUT2D eigenvalue weighted by Crippen LogP contribution is 2.28. The second kappa shape index (κ2) is 9.29. The van der Waals surface area contributed by atoms with Crippen molar-refractivity contribution in [2.45, 2.75) is 54.4 Å². The minimum atomic E-state index is -0.0654. The zero-order valence-electron chi connectivity index (χ0n) is 19.0. The molecule has 0 bridgehead atoms. The van der Waals surface area contributed by atoms with Crippen LogP contribution in [0.3, 0.4) is 0 Å². The van der Waals surface area contributed by atoms with E-state index in [9.17, 15) is 4.79 Å². The number of carbonyl (C=O) groups excluding carboxylic acids is 1. The molecule has 3 aromatic rings. The van der Waals surface area contributed by atoms with Gasteiger partial charge in [0.15, 0.2) is 5.76 Å². The van der Waals surface area contributed by atoms with Gasteiger partial charge in [0.1, 0.15) is 5.76 Å². The molecule has 0 N–H and O–H groups in total. The van der Waals surface area contributed by atoms with Crippen molar-refractivity contribution in [2.24, 2.45) is 0 Å². The lowest BCUT2D eigenvalue weighted by molar-refractivity contribution is 0.0732. The van der Waals surface area contributed by atoms with E-state index in [1.165, 1.54) is 33.4 Å². The number of nitrogens with zero attached hydrogens (tertiary/aromatic N) is 2. The average molecular weight is 405 g/mol. The Balaban J connectivity index is 1.75. The molecule has 30 heavy (non-hydrogen) atoms. The summed E-state index contributed by atoms with van der Waals surface area (Å²) in [4.78, 5) is 19.1. The Morgan fingerprint density at radius 2 is 1.60 bits per heavy atom. The largest absolute Gasteiger partial charge is 0.456 e. The van der Waals surface area contributed by atoms with E-state index in [1.54, 1.807) is 12.3 Å². The van der Waals surface area contributed by atoms with Crippen LogP contribution < -0.4 is 0 Å². The van der Waals surface area contributed by atoms with Crippen molar-refractivity contribution >= 4 is 5.91 Å². The molecule has 0 spiro atoms. The van der Waals surface area contributed by atoms with Crippen molar-refractivity contribution in [3.8, 4) is 0 Å². The second-order valence-electron chi connectivity index (χ2n) is 8.00. The Kier molecular flexibility index (Phi) is 6.76. The lowest BCUT2D eigenvalue weighted by Gasteiger charge is -2.19. The fourth-order valence-corrected chi connectivity index (χ4v) is 3.96. The van der Waals surface area contributed by atoms with Crippen molar-refractivity contribution in [3.05, 3.63) is 87.1 Å². The molecule has 0 saturated carbocycles. The first kappa shape index (κ1) is 21.8. The minimum absolute atomic E-state index is 0.0654. The van der Waals surface area contributed by atoms with Crippen LogP contribution >= 0.6 is 0 Å². The summed E-state index contributed by atoms with van der Waals surface area (Å²) in [5.41, 5.74) is 8.93. The van der Waals surface area contributed by atoms with Gasteiger partial charge in [-0.25, -0.2) is 0 Å². The Morgan fingerprint density at radius 3 is 2.20 bits per heavy atom. The maximum absolute atomic E-state index is 13.0. The average Bonchev–Trinajstić information content (AvgIpc) is 3.23. The summed E-state index contributed by atoms with van der Waals surface area (Å²) >= 11 is 0. The van der Waals surface area contributed by atoms with E-state index in [-0.39, 0.29) is 5.91 Å². The van der Waals surface area contributed by atoms with Crippen LogP contribution in [-0.4, -0.2) is 28.9 Å². The van der Waals surface area contributed by atoms with Crippen LogP contribution in [0.4, 0.5) is 0 Å². The van der Waals surface area contributed by atoms with Gasteiger partial charge in [0, 0.05) is 37.8 Å². The molecule has 0 aliphatic rings. The smallest absolute Gasteiger partial charge is 0.289 e. The summed E-state index contributed by atoms with van der Waals surface area (Å²) in [6, 6.07) is 9.59. The lowest BCUT2D eigenvalue weighted by Crippen LogP contribution is -2.32. The van der Waals surface area contributed by atoms with Crippen LogP contribution in [0.1, 0.15) is 62.3 Å². The van der Waals surface area contributed by atoms with Gasteiger partial charge in [0.25, 0.3) is 5.91 Å². The molecule has 0 saturated heterocycles. The normalized spacial score (nSPS) is 11.0. The summed E-state index contributed by atoms with van der Waals surface area (Å²) in [5.74, 6) is 1.17. The molecule has 2 aromatic heterocycles. The number of likely N-dealkylation sites (N-methyl/N-ethyl adjacent to an activating group) is 1. The maximum atomic E-state index is 13.0. The van der Waals surface area contributed by atoms with E-state index >= 15 is 0 Å². The Morgan fingerprint density at radius 1 is 0.933 bits per heavy atom. The van der Waals surface area contributed by atoms with E-state index in [4.69, 9.17) is 4.42 Å². The van der Waals surface area contributed by atoms with Crippen LogP contribution in [0.15, 0.2) is 40.9 Å². The standard InChI is InChI=1S/C26H32N2O2/c1-7-28(15-13-22-10-8-9-14-27-22)26(29)25-12-11-23(30-25)16-24-20(5)18(3)17(2)19(4)21(24)6/h8-12,14H,7,13,15-16H2,1-6H3. The number of pyridine rings is 1. The van der Waals surface area contributed by atoms with Crippen LogP contribution in [0.2, 0.25) is 0 Å². The Hall–Kier alpha value is -2.88. The van der Waals surface area contributed by atoms with E-state index in [2.05, 4.69) is 39.6 Å². The van der Waals surface area contributed by atoms with Gasteiger partial charge < -0.3 is 9.32 Å². The molecule has 1 amide bonds. The minimum Gasteiger partial charge on any atom is -0.456 e. The number of carbonyl (C=O) groups is 1. The van der Waals surface area contributed by atoms with E-state index in [0.717, 1.165) is 17.9 Å². The third-order valence-corrected chi connectivity index (χ3v) is 6.41. The number of amides is 1. The van der Waals surface area contributed by atoms with Crippen molar-refractivity contribution in [3.63, 3.8) is 0 Å². The molecule has 2 heterocycles. The number of aromatic nitrogens is 1. The first-order chi connectivity index (χ1) is 14.3. The summed E-state index contributed by atoms with van der Waals surface area (Å²) in [7, 11) is 0. The fourth-order valence-electron chi connectivity index (χ4n) is 3.96. The molecular weight excluding hydrogens is 372 g/mol. The molecule has 0 fully saturated rings. The molecule has 0 aliphatic carbocycles.